The highest BCUT2D eigenvalue weighted by Gasteiger charge is 2.19. The Labute approximate surface area is 120 Å². The van der Waals surface area contributed by atoms with Crippen LogP contribution >= 0.6 is 0 Å². The van der Waals surface area contributed by atoms with Gasteiger partial charge in [-0.1, -0.05) is 6.07 Å². The molecule has 102 valence electrons. The van der Waals surface area contributed by atoms with E-state index in [0.29, 0.717) is 0 Å². The van der Waals surface area contributed by atoms with Gasteiger partial charge in [0.1, 0.15) is 11.6 Å². The summed E-state index contributed by atoms with van der Waals surface area (Å²) in [5.41, 5.74) is 0. The molecule has 1 aromatic rings. The van der Waals surface area contributed by atoms with Crippen molar-refractivity contribution in [3.8, 4) is 0 Å². The van der Waals surface area contributed by atoms with Gasteiger partial charge in [0.2, 0.25) is 13.3 Å². The van der Waals surface area contributed by atoms with Gasteiger partial charge in [-0.15, -0.1) is 0 Å². The van der Waals surface area contributed by atoms with E-state index in [2.05, 4.69) is 32.2 Å². The van der Waals surface area contributed by atoms with Crippen LogP contribution in [0.2, 0.25) is 0 Å². The fourth-order valence-electron chi connectivity index (χ4n) is 1.99. The summed E-state index contributed by atoms with van der Waals surface area (Å²) in [6.07, 6.45) is 7.89. The number of anilines is 2. The molecule has 2 aliphatic heterocycles. The van der Waals surface area contributed by atoms with E-state index < -0.39 is 0 Å². The van der Waals surface area contributed by atoms with Crippen LogP contribution in [0.25, 0.3) is 0 Å². The quantitative estimate of drug-likeness (QED) is 0.834. The minimum Gasteiger partial charge on any atom is -0.346 e. The zero-order valence-corrected chi connectivity index (χ0v) is 11.7. The fourth-order valence-corrected chi connectivity index (χ4v) is 1.99. The Bertz CT molecular complexity index is 482. The van der Waals surface area contributed by atoms with Crippen LogP contribution in [0.5, 0.6) is 0 Å². The van der Waals surface area contributed by atoms with Crippen LogP contribution in [0.1, 0.15) is 13.8 Å². The van der Waals surface area contributed by atoms with Crippen LogP contribution in [-0.2, 0) is 0 Å². The zero-order valence-electron chi connectivity index (χ0n) is 11.7. The van der Waals surface area contributed by atoms with Gasteiger partial charge in [-0.25, -0.2) is 4.98 Å². The van der Waals surface area contributed by atoms with Gasteiger partial charge in [0, 0.05) is 37.9 Å². The standard InChI is InChI=1S/C15H17N5/c1-3-17-8-10-19(12-17)14-6-5-7-15(16-14)20-11-9-18(4-2)13-20/h5-11H,3-4H2,1-2H3. The predicted molar refractivity (Wildman–Crippen MR) is 78.7 cm³/mol. The maximum absolute atomic E-state index is 4.65. The van der Waals surface area contributed by atoms with Gasteiger partial charge >= 0.3 is 0 Å². The summed E-state index contributed by atoms with van der Waals surface area (Å²) in [6.45, 7) is 12.4. The number of rotatable bonds is 4. The topological polar surface area (TPSA) is 25.9 Å². The van der Waals surface area contributed by atoms with Crippen molar-refractivity contribution >= 4 is 11.6 Å². The second-order valence-corrected chi connectivity index (χ2v) is 4.46. The SMILES string of the molecule is CCN1[C]N(c2cccc(N3[C]N(CC)C=C3)n2)C=C1. The third kappa shape index (κ3) is 2.43. The second-order valence-electron chi connectivity index (χ2n) is 4.46. The second kappa shape index (κ2) is 5.45. The molecule has 20 heavy (non-hydrogen) atoms. The average Bonchev–Trinajstić information content (AvgIpc) is 3.16. The molecule has 0 fully saturated rings. The van der Waals surface area contributed by atoms with Crippen molar-refractivity contribution in [2.45, 2.75) is 13.8 Å². The van der Waals surface area contributed by atoms with E-state index in [-0.39, 0.29) is 0 Å². The van der Waals surface area contributed by atoms with Crippen molar-refractivity contribution in [1.82, 2.24) is 14.8 Å². The Balaban J connectivity index is 1.74. The first-order valence-electron chi connectivity index (χ1n) is 6.78. The Morgan fingerprint density at radius 2 is 1.35 bits per heavy atom. The highest BCUT2D eigenvalue weighted by Crippen LogP contribution is 2.25. The molecule has 0 amide bonds. The van der Waals surface area contributed by atoms with Crippen LogP contribution < -0.4 is 9.80 Å². The number of pyridine rings is 1. The Morgan fingerprint density at radius 3 is 1.75 bits per heavy atom. The van der Waals surface area contributed by atoms with Gasteiger partial charge in [-0.2, -0.15) is 0 Å². The fraction of sp³-hybridized carbons (Fsp3) is 0.267. The maximum Gasteiger partial charge on any atom is 0.214 e. The summed E-state index contributed by atoms with van der Waals surface area (Å²) >= 11 is 0. The van der Waals surface area contributed by atoms with Crippen LogP contribution in [0, 0.1) is 13.3 Å². The normalized spacial score (nSPS) is 17.7. The molecular weight excluding hydrogens is 250 g/mol. The summed E-state index contributed by atoms with van der Waals surface area (Å²) in [5, 5.41) is 0. The lowest BCUT2D eigenvalue weighted by Gasteiger charge is -2.20. The van der Waals surface area contributed by atoms with E-state index in [4.69, 9.17) is 0 Å². The molecule has 0 saturated carbocycles. The maximum atomic E-state index is 4.65. The molecule has 3 heterocycles. The summed E-state index contributed by atoms with van der Waals surface area (Å²) < 4.78 is 0. The van der Waals surface area contributed by atoms with Crippen LogP contribution in [-0.4, -0.2) is 27.9 Å². The van der Waals surface area contributed by atoms with E-state index in [1.165, 1.54) is 0 Å². The van der Waals surface area contributed by atoms with E-state index >= 15 is 0 Å². The summed E-state index contributed by atoms with van der Waals surface area (Å²) in [5.74, 6) is 1.69. The molecule has 3 rings (SSSR count). The summed E-state index contributed by atoms with van der Waals surface area (Å²) in [4.78, 5) is 12.4. The lowest BCUT2D eigenvalue weighted by Crippen LogP contribution is -2.21. The molecule has 0 saturated heterocycles. The molecule has 2 aliphatic rings. The zero-order chi connectivity index (χ0) is 13.9. The van der Waals surface area contributed by atoms with Gasteiger partial charge in [0.05, 0.1) is 0 Å². The van der Waals surface area contributed by atoms with E-state index in [1.54, 1.807) is 0 Å². The third-order valence-corrected chi connectivity index (χ3v) is 3.16. The van der Waals surface area contributed by atoms with Crippen molar-refractivity contribution in [2.75, 3.05) is 22.9 Å². The summed E-state index contributed by atoms with van der Waals surface area (Å²) in [6, 6.07) is 5.93. The molecule has 0 aliphatic carbocycles. The molecule has 5 nitrogen and oxygen atoms in total. The first-order valence-corrected chi connectivity index (χ1v) is 6.78. The molecule has 0 N–H and O–H groups in total. The van der Waals surface area contributed by atoms with Crippen molar-refractivity contribution < 1.29 is 0 Å². The van der Waals surface area contributed by atoms with Gasteiger partial charge in [0.15, 0.2) is 0 Å². The average molecular weight is 267 g/mol. The van der Waals surface area contributed by atoms with Gasteiger partial charge in [-0.05, 0) is 26.0 Å². The van der Waals surface area contributed by atoms with Crippen LogP contribution in [0.15, 0.2) is 43.0 Å². The Kier molecular flexibility index (Phi) is 3.50. The largest absolute Gasteiger partial charge is 0.346 e. The lowest BCUT2D eigenvalue weighted by molar-refractivity contribution is 0.494. The molecular formula is C15H17N5. The van der Waals surface area contributed by atoms with Gasteiger partial charge in [0.25, 0.3) is 0 Å². The van der Waals surface area contributed by atoms with Gasteiger partial charge < -0.3 is 9.80 Å². The van der Waals surface area contributed by atoms with Crippen molar-refractivity contribution in [3.63, 3.8) is 0 Å². The Hall–Kier alpha value is -2.17. The van der Waals surface area contributed by atoms with E-state index in [0.717, 1.165) is 24.7 Å². The molecule has 1 aromatic heterocycles. The molecule has 0 bridgehead atoms. The molecule has 0 atom stereocenters. The van der Waals surface area contributed by atoms with Crippen molar-refractivity contribution in [3.05, 3.63) is 56.3 Å². The first kappa shape index (κ1) is 12.8. The van der Waals surface area contributed by atoms with Crippen molar-refractivity contribution in [1.29, 1.82) is 0 Å². The Morgan fingerprint density at radius 1 is 0.850 bits per heavy atom. The minimum absolute atomic E-state index is 0.847. The first-order chi connectivity index (χ1) is 9.80. The van der Waals surface area contributed by atoms with Crippen LogP contribution in [0.3, 0.4) is 0 Å². The molecule has 0 unspecified atom stereocenters. The number of hydrogen-bond acceptors (Lipinski definition) is 5. The smallest absolute Gasteiger partial charge is 0.214 e. The summed E-state index contributed by atoms with van der Waals surface area (Å²) in [7, 11) is 0. The molecule has 4 radical (unpaired) electrons. The number of aromatic nitrogens is 1. The highest BCUT2D eigenvalue weighted by atomic mass is 15.4. The minimum atomic E-state index is 0.847. The predicted octanol–water partition coefficient (Wildman–Crippen LogP) is 2.30. The monoisotopic (exact) mass is 267 g/mol. The molecule has 5 heteroatoms. The van der Waals surface area contributed by atoms with E-state index in [1.807, 2.05) is 62.6 Å². The van der Waals surface area contributed by atoms with Crippen molar-refractivity contribution in [2.24, 2.45) is 0 Å². The third-order valence-electron chi connectivity index (χ3n) is 3.16. The van der Waals surface area contributed by atoms with Crippen LogP contribution in [0.4, 0.5) is 11.6 Å². The highest BCUT2D eigenvalue weighted by molar-refractivity contribution is 5.55. The molecule has 0 aromatic carbocycles. The van der Waals surface area contributed by atoms with Gasteiger partial charge in [-0.3, -0.25) is 9.80 Å². The lowest BCUT2D eigenvalue weighted by atomic mass is 10.4. The molecule has 0 spiro atoms. The number of hydrogen-bond donors (Lipinski definition) is 0. The van der Waals surface area contributed by atoms with E-state index in [9.17, 15) is 0 Å². The number of nitrogens with zero attached hydrogens (tertiary/aromatic N) is 5.